The van der Waals surface area contributed by atoms with E-state index in [1.54, 1.807) is 0 Å². The van der Waals surface area contributed by atoms with Crippen LogP contribution in [0.5, 0.6) is 0 Å². The Hall–Kier alpha value is -1.52. The van der Waals surface area contributed by atoms with Gasteiger partial charge in [0.05, 0.1) is 31.3 Å². The summed E-state index contributed by atoms with van der Waals surface area (Å²) in [7, 11) is 0. The van der Waals surface area contributed by atoms with Crippen molar-refractivity contribution in [2.24, 2.45) is 22.7 Å². The van der Waals surface area contributed by atoms with Gasteiger partial charge in [-0.3, -0.25) is 9.59 Å². The van der Waals surface area contributed by atoms with Gasteiger partial charge in [-0.15, -0.1) is 0 Å². The molecule has 5 heteroatoms. The van der Waals surface area contributed by atoms with Crippen molar-refractivity contribution in [2.45, 2.75) is 81.1 Å². The van der Waals surface area contributed by atoms with E-state index in [1.807, 2.05) is 41.5 Å². The molecule has 0 saturated carbocycles. The molecule has 2 unspecified atom stereocenters. The molecule has 0 radical (unpaired) electrons. The summed E-state index contributed by atoms with van der Waals surface area (Å²) in [6.07, 6.45) is 3.91. The number of rotatable bonds is 13. The minimum Gasteiger partial charge on any atom is -0.501 e. The topological polar surface area (TPSA) is 72.8 Å². The van der Waals surface area contributed by atoms with Crippen LogP contribution in [-0.4, -0.2) is 30.3 Å². The van der Waals surface area contributed by atoms with Crippen LogP contribution in [0.2, 0.25) is 0 Å². The van der Waals surface area contributed by atoms with E-state index >= 15 is 0 Å². The van der Waals surface area contributed by atoms with Crippen LogP contribution in [0.15, 0.2) is 12.8 Å². The zero-order chi connectivity index (χ0) is 21.7. The Labute approximate surface area is 166 Å². The Balaban J connectivity index is 0. The van der Waals surface area contributed by atoms with E-state index in [1.165, 1.54) is 6.26 Å². The quantitative estimate of drug-likeness (QED) is 0.325. The van der Waals surface area contributed by atoms with Crippen LogP contribution in [0.1, 0.15) is 81.1 Å². The maximum atomic E-state index is 12.5. The second kappa shape index (κ2) is 13.6. The number of hydrogen-bond donors (Lipinski definition) is 1. The number of esters is 1. The molecule has 0 aromatic heterocycles. The highest BCUT2D eigenvalue weighted by molar-refractivity contribution is 5.81. The van der Waals surface area contributed by atoms with Crippen molar-refractivity contribution in [1.82, 2.24) is 0 Å². The average molecular weight is 387 g/mol. The fourth-order valence-corrected chi connectivity index (χ4v) is 3.48. The molecule has 0 aliphatic rings. The van der Waals surface area contributed by atoms with Crippen LogP contribution >= 0.6 is 0 Å². The van der Waals surface area contributed by atoms with Crippen molar-refractivity contribution in [3.8, 4) is 0 Å². The molecule has 27 heavy (non-hydrogen) atoms. The molecule has 0 saturated heterocycles. The number of aliphatic carboxylic acids is 1. The third-order valence-corrected chi connectivity index (χ3v) is 4.30. The zero-order valence-electron chi connectivity index (χ0n) is 18.8. The van der Waals surface area contributed by atoms with Gasteiger partial charge in [-0.2, -0.15) is 0 Å². The number of ether oxygens (including phenoxy) is 2. The molecule has 2 atom stereocenters. The molecule has 0 rings (SSSR count). The van der Waals surface area contributed by atoms with Crippen molar-refractivity contribution in [1.29, 1.82) is 0 Å². The highest BCUT2D eigenvalue weighted by Gasteiger charge is 2.35. The molecule has 0 aliphatic carbocycles. The monoisotopic (exact) mass is 386 g/mol. The van der Waals surface area contributed by atoms with E-state index in [0.29, 0.717) is 19.4 Å². The highest BCUT2D eigenvalue weighted by atomic mass is 16.5. The second-order valence-corrected chi connectivity index (χ2v) is 8.34. The summed E-state index contributed by atoms with van der Waals surface area (Å²) in [5, 5.41) is 9.39. The van der Waals surface area contributed by atoms with Gasteiger partial charge in [0.2, 0.25) is 0 Å². The third-order valence-electron chi connectivity index (χ3n) is 4.30. The lowest BCUT2D eigenvalue weighted by atomic mass is 9.76. The predicted octanol–water partition coefficient (Wildman–Crippen LogP) is 5.69. The molecule has 0 spiro atoms. The normalized spacial score (nSPS) is 13.6. The van der Waals surface area contributed by atoms with Gasteiger partial charge in [-0.1, -0.05) is 68.4 Å². The molecular weight excluding hydrogens is 344 g/mol. The first-order chi connectivity index (χ1) is 12.5. The van der Waals surface area contributed by atoms with Crippen molar-refractivity contribution in [2.75, 3.05) is 13.2 Å². The molecule has 0 aliphatic heterocycles. The Morgan fingerprint density at radius 1 is 1.04 bits per heavy atom. The van der Waals surface area contributed by atoms with Gasteiger partial charge in [0, 0.05) is 0 Å². The highest BCUT2D eigenvalue weighted by Crippen LogP contribution is 2.34. The van der Waals surface area contributed by atoms with Crippen molar-refractivity contribution >= 4 is 11.9 Å². The molecule has 5 nitrogen and oxygen atoms in total. The number of carbonyl (C=O) groups excluding carboxylic acids is 1. The fourth-order valence-electron chi connectivity index (χ4n) is 3.48. The summed E-state index contributed by atoms with van der Waals surface area (Å²) in [6.45, 7) is 20.4. The smallest absolute Gasteiger partial charge is 0.309 e. The lowest BCUT2D eigenvalue weighted by molar-refractivity contribution is -0.161. The Morgan fingerprint density at radius 3 is 1.96 bits per heavy atom. The first kappa shape index (κ1) is 27.7. The average Bonchev–Trinajstić information content (AvgIpc) is 2.59. The zero-order valence-corrected chi connectivity index (χ0v) is 18.8. The van der Waals surface area contributed by atoms with Crippen LogP contribution in [0.25, 0.3) is 0 Å². The maximum absolute atomic E-state index is 12.5. The van der Waals surface area contributed by atoms with E-state index in [-0.39, 0.29) is 17.4 Å². The van der Waals surface area contributed by atoms with Gasteiger partial charge < -0.3 is 14.6 Å². The maximum Gasteiger partial charge on any atom is 0.309 e. The fraction of sp³-hybridized carbons (Fsp3) is 0.818. The van der Waals surface area contributed by atoms with Gasteiger partial charge in [0.15, 0.2) is 0 Å². The number of hydrogen-bond acceptors (Lipinski definition) is 4. The first-order valence-corrected chi connectivity index (χ1v) is 10.1. The minimum atomic E-state index is -0.924. The molecule has 0 heterocycles. The Morgan fingerprint density at radius 2 is 1.56 bits per heavy atom. The summed E-state index contributed by atoms with van der Waals surface area (Å²) in [5.41, 5.74) is -0.314. The lowest BCUT2D eigenvalue weighted by Crippen LogP contribution is -2.35. The second-order valence-electron chi connectivity index (χ2n) is 8.34. The summed E-state index contributed by atoms with van der Waals surface area (Å²) >= 11 is 0. The van der Waals surface area contributed by atoms with Crippen molar-refractivity contribution in [3.63, 3.8) is 0 Å². The van der Waals surface area contributed by atoms with Gasteiger partial charge >= 0.3 is 11.9 Å². The number of carboxylic acids is 1. The summed E-state index contributed by atoms with van der Waals surface area (Å²) < 4.78 is 10.8. The predicted molar refractivity (Wildman–Crippen MR) is 110 cm³/mol. The number of carboxylic acid groups (broad SMARTS) is 1. The molecule has 0 aromatic rings. The van der Waals surface area contributed by atoms with Crippen molar-refractivity contribution < 1.29 is 24.2 Å². The summed E-state index contributed by atoms with van der Waals surface area (Å²) in [4.78, 5) is 23.9. The van der Waals surface area contributed by atoms with Gasteiger partial charge in [0.25, 0.3) is 0 Å². The van der Waals surface area contributed by atoms with Crippen LogP contribution in [0.4, 0.5) is 0 Å². The Bertz CT molecular complexity index is 440. The van der Waals surface area contributed by atoms with E-state index in [4.69, 9.17) is 9.47 Å². The molecule has 0 aromatic carbocycles. The van der Waals surface area contributed by atoms with Gasteiger partial charge in [-0.25, -0.2) is 0 Å². The largest absolute Gasteiger partial charge is 0.501 e. The van der Waals surface area contributed by atoms with Gasteiger partial charge in [-0.05, 0) is 30.1 Å². The Kier molecular flexibility index (Phi) is 14.0. The van der Waals surface area contributed by atoms with Gasteiger partial charge in [0.1, 0.15) is 0 Å². The lowest BCUT2D eigenvalue weighted by Gasteiger charge is -2.34. The summed E-state index contributed by atoms with van der Waals surface area (Å²) in [5.74, 6) is -2.60. The van der Waals surface area contributed by atoms with E-state index in [0.717, 1.165) is 12.8 Å². The van der Waals surface area contributed by atoms with E-state index in [9.17, 15) is 14.7 Å². The summed E-state index contributed by atoms with van der Waals surface area (Å²) in [6, 6.07) is 0. The first-order valence-electron chi connectivity index (χ1n) is 10.1. The van der Waals surface area contributed by atoms with E-state index < -0.39 is 23.8 Å². The van der Waals surface area contributed by atoms with Crippen LogP contribution in [0, 0.1) is 22.7 Å². The standard InChI is InChI=1S/C20H36O5.C2H6/c1-8-11-16(17(21)22)15(9-2)18(23)25-14-20(6,7)12-19(4,5)13-24-10-3;1-2/h10,15-16H,3,8-9,11-14H2,1-2,4-7H3,(H,21,22);1-2H3. The van der Waals surface area contributed by atoms with Crippen LogP contribution in [0.3, 0.4) is 0 Å². The molecule has 0 fully saturated rings. The van der Waals surface area contributed by atoms with Crippen LogP contribution < -0.4 is 0 Å². The van der Waals surface area contributed by atoms with Crippen molar-refractivity contribution in [3.05, 3.63) is 12.8 Å². The van der Waals surface area contributed by atoms with E-state index in [2.05, 4.69) is 20.4 Å². The SMILES string of the molecule is C=COCC(C)(C)CC(C)(C)COC(=O)C(CC)C(CCC)C(=O)O.CC. The minimum absolute atomic E-state index is 0.0833. The third kappa shape index (κ3) is 11.7. The number of carbonyl (C=O) groups is 2. The van der Waals surface area contributed by atoms with Crippen LogP contribution in [-0.2, 0) is 19.1 Å². The molecule has 0 amide bonds. The molecular formula is C22H42O5. The molecule has 0 bridgehead atoms. The molecule has 1 N–H and O–H groups in total. The molecule has 160 valence electrons.